The van der Waals surface area contributed by atoms with Crippen molar-refractivity contribution in [1.29, 1.82) is 0 Å². The molecule has 6 rings (SSSR count). The van der Waals surface area contributed by atoms with Crippen LogP contribution >= 0.6 is 22.7 Å². The van der Waals surface area contributed by atoms with Crippen molar-refractivity contribution < 1.29 is 30.0 Å². The molecule has 3 aromatic carbocycles. The van der Waals surface area contributed by atoms with Gasteiger partial charge < -0.3 is 5.11 Å². The Balaban J connectivity index is 0.000000309. The van der Waals surface area contributed by atoms with E-state index in [9.17, 15) is 9.90 Å². The third-order valence-corrected chi connectivity index (χ3v) is 13.6. The normalized spacial score (nSPS) is 12.6. The number of aliphatic hydroxyl groups excluding tert-OH is 1. The van der Waals surface area contributed by atoms with E-state index in [1.54, 1.807) is 0 Å². The van der Waals surface area contributed by atoms with Gasteiger partial charge in [0.25, 0.3) is 0 Å². The molecule has 0 saturated carbocycles. The van der Waals surface area contributed by atoms with Gasteiger partial charge in [-0.3, -0.25) is 9.78 Å². The number of ketones is 1. The number of carbonyl (C=O) groups is 1. The Morgan fingerprint density at radius 3 is 2.17 bits per heavy atom. The molecule has 6 heteroatoms. The van der Waals surface area contributed by atoms with Crippen molar-refractivity contribution in [1.82, 2.24) is 4.98 Å². The fourth-order valence-corrected chi connectivity index (χ4v) is 9.10. The number of aliphatic hydroxyl groups is 1. The molecule has 6 aromatic rings. The number of benzene rings is 3. The summed E-state index contributed by atoms with van der Waals surface area (Å²) in [5.41, 5.74) is 5.62. The molecule has 289 valence electrons. The SMILES string of the molecule is CC(C)Cc1ccc2c(-c3cc4ccnc(-c5[c-]c6ccccc6c(C(C)(C)C)c5)c4s3)csc2c1.CCC(C)(CC)C(=O)/C=C(\O)C(C)(CC)CC.[Ir]. The van der Waals surface area contributed by atoms with E-state index in [1.165, 1.54) is 53.2 Å². The van der Waals surface area contributed by atoms with E-state index in [4.69, 9.17) is 4.98 Å². The summed E-state index contributed by atoms with van der Waals surface area (Å²) < 4.78 is 2.60. The largest absolute Gasteiger partial charge is 0.512 e. The van der Waals surface area contributed by atoms with Crippen LogP contribution in [-0.4, -0.2) is 15.9 Å². The Kier molecular flexibility index (Phi) is 14.3. The van der Waals surface area contributed by atoms with Gasteiger partial charge >= 0.3 is 0 Å². The number of thiophene rings is 2. The number of allylic oxidation sites excluding steroid dienone is 2. The van der Waals surface area contributed by atoms with Gasteiger partial charge in [-0.1, -0.05) is 117 Å². The van der Waals surface area contributed by atoms with Gasteiger partial charge in [0.1, 0.15) is 5.76 Å². The Morgan fingerprint density at radius 1 is 0.870 bits per heavy atom. The van der Waals surface area contributed by atoms with Crippen LogP contribution in [-0.2, 0) is 36.7 Å². The summed E-state index contributed by atoms with van der Waals surface area (Å²) >= 11 is 3.70. The molecule has 0 bridgehead atoms. The van der Waals surface area contributed by atoms with Crippen molar-refractivity contribution in [2.75, 3.05) is 0 Å². The average molecular weight is 937 g/mol. The van der Waals surface area contributed by atoms with E-state index < -0.39 is 0 Å². The second-order valence-corrected chi connectivity index (χ2v) is 18.6. The van der Waals surface area contributed by atoms with E-state index >= 15 is 0 Å². The predicted octanol–water partition coefficient (Wildman–Crippen LogP) is 14.9. The molecule has 0 aliphatic carbocycles. The summed E-state index contributed by atoms with van der Waals surface area (Å²) in [6.45, 7) is 23.5. The molecule has 0 aliphatic rings. The maximum absolute atomic E-state index is 12.2. The Morgan fingerprint density at radius 2 is 1.54 bits per heavy atom. The molecule has 1 N–H and O–H groups in total. The second kappa shape index (κ2) is 17.8. The van der Waals surface area contributed by atoms with Crippen LogP contribution in [0.4, 0.5) is 0 Å². The van der Waals surface area contributed by atoms with Gasteiger partial charge in [0.15, 0.2) is 5.78 Å². The van der Waals surface area contributed by atoms with Crippen LogP contribution in [0.5, 0.6) is 0 Å². The molecule has 0 atom stereocenters. The summed E-state index contributed by atoms with van der Waals surface area (Å²) in [6, 6.07) is 26.1. The first-order valence-corrected chi connectivity index (χ1v) is 21.1. The first-order valence-electron chi connectivity index (χ1n) is 19.4. The number of fused-ring (bicyclic) bond motifs is 3. The minimum absolute atomic E-state index is 0. The van der Waals surface area contributed by atoms with Gasteiger partial charge in [0.05, 0.1) is 0 Å². The van der Waals surface area contributed by atoms with Crippen molar-refractivity contribution in [2.24, 2.45) is 16.7 Å². The minimum atomic E-state index is -0.337. The van der Waals surface area contributed by atoms with Crippen LogP contribution in [0.2, 0.25) is 0 Å². The van der Waals surface area contributed by atoms with Gasteiger partial charge in [-0.15, -0.1) is 51.8 Å². The third-order valence-electron chi connectivity index (χ3n) is 11.4. The molecule has 54 heavy (non-hydrogen) atoms. The van der Waals surface area contributed by atoms with Gasteiger partial charge in [0.2, 0.25) is 0 Å². The number of carbonyl (C=O) groups excluding carboxylic acids is 1. The van der Waals surface area contributed by atoms with Gasteiger partial charge in [0, 0.05) is 79.5 Å². The van der Waals surface area contributed by atoms with Crippen molar-refractivity contribution in [3.63, 3.8) is 0 Å². The zero-order valence-electron chi connectivity index (χ0n) is 34.1. The smallest absolute Gasteiger partial charge is 0.164 e. The van der Waals surface area contributed by atoms with Crippen molar-refractivity contribution in [3.05, 3.63) is 101 Å². The second-order valence-electron chi connectivity index (χ2n) is 16.6. The Bertz CT molecular complexity index is 2240. The van der Waals surface area contributed by atoms with Crippen LogP contribution in [0.1, 0.15) is 113 Å². The third kappa shape index (κ3) is 9.27. The van der Waals surface area contributed by atoms with E-state index in [1.807, 2.05) is 70.4 Å². The molecule has 0 aliphatic heterocycles. The van der Waals surface area contributed by atoms with E-state index in [0.29, 0.717) is 5.92 Å². The number of rotatable bonds is 11. The molecular weight excluding hydrogens is 879 g/mol. The van der Waals surface area contributed by atoms with Crippen LogP contribution in [0, 0.1) is 22.8 Å². The fourth-order valence-electron chi connectivity index (χ4n) is 6.81. The summed E-state index contributed by atoms with van der Waals surface area (Å²) in [4.78, 5) is 18.4. The number of aromatic nitrogens is 1. The average Bonchev–Trinajstić information content (AvgIpc) is 3.77. The zero-order chi connectivity index (χ0) is 38.7. The summed E-state index contributed by atoms with van der Waals surface area (Å²) in [5.74, 6) is 0.954. The summed E-state index contributed by atoms with van der Waals surface area (Å²) in [6.07, 6.45) is 7.82. The monoisotopic (exact) mass is 937 g/mol. The molecular formula is C48H58IrNO2S2-. The van der Waals surface area contributed by atoms with Gasteiger partial charge in [-0.2, -0.15) is 0 Å². The summed E-state index contributed by atoms with van der Waals surface area (Å²) in [5, 5.41) is 17.5. The minimum Gasteiger partial charge on any atom is -0.512 e. The van der Waals surface area contributed by atoms with Gasteiger partial charge in [-0.25, -0.2) is 0 Å². The Hall–Kier alpha value is -3.15. The van der Waals surface area contributed by atoms with E-state index in [0.717, 1.165) is 48.7 Å². The number of pyridine rings is 1. The van der Waals surface area contributed by atoms with Crippen molar-refractivity contribution in [3.8, 4) is 21.7 Å². The fraction of sp³-hybridized carbons (Fsp3) is 0.417. The predicted molar refractivity (Wildman–Crippen MR) is 233 cm³/mol. The number of hydrogen-bond acceptors (Lipinski definition) is 5. The first kappa shape index (κ1) is 43.6. The topological polar surface area (TPSA) is 50.2 Å². The van der Waals surface area contributed by atoms with Crippen LogP contribution in [0.15, 0.2) is 84.1 Å². The van der Waals surface area contributed by atoms with E-state index in [2.05, 4.69) is 107 Å². The molecule has 0 fully saturated rings. The number of hydrogen-bond donors (Lipinski definition) is 1. The molecule has 3 nitrogen and oxygen atoms in total. The molecule has 0 unspecified atom stereocenters. The van der Waals surface area contributed by atoms with Crippen molar-refractivity contribution in [2.45, 2.75) is 114 Å². The maximum atomic E-state index is 12.2. The van der Waals surface area contributed by atoms with Crippen molar-refractivity contribution >= 4 is 59.4 Å². The summed E-state index contributed by atoms with van der Waals surface area (Å²) in [7, 11) is 0. The standard InChI is InChI=1S/C33H30NS2.C15H28O2.Ir/c1-20(2)14-21-10-11-26-27(19-35-29(26)15-21)30-18-23-12-13-34-31(32(23)36-30)24-16-22-8-6-7-9-25(22)28(17-24)33(3,4)5;1-7-14(5,8-2)12(16)11-13(17)15(6,9-3)10-4;/h6-13,15,17-20H,14H2,1-5H3;11,16H,7-10H2,1-6H3;/q-1;;/b;12-11-;. The number of nitrogens with zero attached hydrogens (tertiary/aromatic N) is 1. The molecule has 3 heterocycles. The molecule has 3 aromatic heterocycles. The van der Waals surface area contributed by atoms with Gasteiger partial charge in [-0.05, 0) is 72.6 Å². The zero-order valence-corrected chi connectivity index (χ0v) is 38.1. The molecule has 0 spiro atoms. The first-order chi connectivity index (χ1) is 25.1. The van der Waals surface area contributed by atoms with Crippen LogP contribution < -0.4 is 0 Å². The van der Waals surface area contributed by atoms with Crippen LogP contribution in [0.25, 0.3) is 52.6 Å². The quantitative estimate of drug-likeness (QED) is 0.0800. The molecule has 1 radical (unpaired) electrons. The molecule has 0 amide bonds. The maximum Gasteiger partial charge on any atom is 0.164 e. The van der Waals surface area contributed by atoms with E-state index in [-0.39, 0.29) is 47.9 Å². The Labute approximate surface area is 345 Å². The molecule has 0 saturated heterocycles. The van der Waals surface area contributed by atoms with Crippen LogP contribution in [0.3, 0.4) is 0 Å².